The lowest BCUT2D eigenvalue weighted by atomic mass is 10.1. The highest BCUT2D eigenvalue weighted by atomic mass is 35.5. The van der Waals surface area contributed by atoms with Gasteiger partial charge in [0.05, 0.1) is 0 Å². The molecule has 1 aromatic carbocycles. The summed E-state index contributed by atoms with van der Waals surface area (Å²) in [7, 11) is 0. The quantitative estimate of drug-likeness (QED) is 0.801. The second-order valence-electron chi connectivity index (χ2n) is 3.31. The smallest absolute Gasteiger partial charge is 0.0454 e. The molecule has 0 radical (unpaired) electrons. The van der Waals surface area contributed by atoms with Gasteiger partial charge in [0.1, 0.15) is 0 Å². The van der Waals surface area contributed by atoms with Crippen molar-refractivity contribution in [3.8, 4) is 0 Å². The fourth-order valence-electron chi connectivity index (χ4n) is 1.73. The van der Waals surface area contributed by atoms with Crippen LogP contribution in [-0.2, 0) is 0 Å². The molecule has 0 spiro atoms. The molecule has 2 rings (SSSR count). The van der Waals surface area contributed by atoms with E-state index in [0.717, 1.165) is 28.6 Å². The van der Waals surface area contributed by atoms with E-state index >= 15 is 0 Å². The largest absolute Gasteiger partial charge is 0.310 e. The predicted molar refractivity (Wildman–Crippen MR) is 63.7 cm³/mol. The summed E-state index contributed by atoms with van der Waals surface area (Å²) in [5.41, 5.74) is 1.13. The van der Waals surface area contributed by atoms with Gasteiger partial charge in [-0.3, -0.25) is 0 Å². The van der Waals surface area contributed by atoms with E-state index in [2.05, 4.69) is 5.32 Å². The molecule has 4 heteroatoms. The molecule has 0 bridgehead atoms. The normalized spacial score (nSPS) is 20.6. The minimum absolute atomic E-state index is 0. The van der Waals surface area contributed by atoms with Gasteiger partial charge in [0.15, 0.2) is 0 Å². The van der Waals surface area contributed by atoms with E-state index in [0.29, 0.717) is 6.04 Å². The molecule has 1 N–H and O–H groups in total. The second-order valence-corrected chi connectivity index (χ2v) is 4.16. The van der Waals surface area contributed by atoms with Crippen LogP contribution in [0.3, 0.4) is 0 Å². The third kappa shape index (κ3) is 2.54. The first-order valence-corrected chi connectivity index (χ1v) is 5.21. The summed E-state index contributed by atoms with van der Waals surface area (Å²) in [5, 5.41) is 4.96. The van der Waals surface area contributed by atoms with Crippen molar-refractivity contribution in [1.82, 2.24) is 5.32 Å². The topological polar surface area (TPSA) is 12.0 Å². The van der Waals surface area contributed by atoms with E-state index in [4.69, 9.17) is 23.2 Å². The van der Waals surface area contributed by atoms with Gasteiger partial charge in [0, 0.05) is 16.1 Å². The summed E-state index contributed by atoms with van der Waals surface area (Å²) >= 11 is 12.0. The third-order valence-corrected chi connectivity index (χ3v) is 2.97. The molecule has 78 valence electrons. The summed E-state index contributed by atoms with van der Waals surface area (Å²) in [4.78, 5) is 0. The van der Waals surface area contributed by atoms with Crippen molar-refractivity contribution in [2.24, 2.45) is 0 Å². The molecular formula is C10H12Cl3N. The first-order valence-electron chi connectivity index (χ1n) is 4.46. The van der Waals surface area contributed by atoms with Gasteiger partial charge >= 0.3 is 0 Å². The fourth-order valence-corrected chi connectivity index (χ4v) is 2.16. The molecule has 1 nitrogen and oxygen atoms in total. The Bertz CT molecular complexity index is 308. The molecule has 0 unspecified atom stereocenters. The number of benzene rings is 1. The van der Waals surface area contributed by atoms with Gasteiger partial charge in [0.25, 0.3) is 0 Å². The lowest BCUT2D eigenvalue weighted by Gasteiger charge is -2.12. The molecule has 1 atom stereocenters. The van der Waals surface area contributed by atoms with Crippen molar-refractivity contribution in [1.29, 1.82) is 0 Å². The summed E-state index contributed by atoms with van der Waals surface area (Å²) in [6.45, 7) is 1.08. The van der Waals surface area contributed by atoms with Gasteiger partial charge < -0.3 is 5.32 Å². The molecule has 0 amide bonds. The Morgan fingerprint density at radius 2 is 2.07 bits per heavy atom. The molecule has 1 aliphatic rings. The maximum atomic E-state index is 6.08. The zero-order chi connectivity index (χ0) is 9.26. The van der Waals surface area contributed by atoms with E-state index in [1.165, 1.54) is 6.42 Å². The molecule has 14 heavy (non-hydrogen) atoms. The zero-order valence-electron chi connectivity index (χ0n) is 7.59. The van der Waals surface area contributed by atoms with Gasteiger partial charge in [-0.2, -0.15) is 0 Å². The standard InChI is InChI=1S/C10H11Cl2N.ClH/c11-7-3-4-9(12)8(6-7)10-2-1-5-13-10;/h3-4,6,10,13H,1-2,5H2;1H/t10-;/m1./s1. The first-order chi connectivity index (χ1) is 6.27. The molecule has 1 saturated heterocycles. The van der Waals surface area contributed by atoms with Crippen LogP contribution in [0.1, 0.15) is 24.4 Å². The van der Waals surface area contributed by atoms with E-state index in [1.54, 1.807) is 0 Å². The molecule has 0 aliphatic carbocycles. The van der Waals surface area contributed by atoms with Crippen LogP contribution in [0.25, 0.3) is 0 Å². The van der Waals surface area contributed by atoms with Gasteiger partial charge in [-0.15, -0.1) is 12.4 Å². The monoisotopic (exact) mass is 251 g/mol. The summed E-state index contributed by atoms with van der Waals surface area (Å²) < 4.78 is 0. The average Bonchev–Trinajstić information content (AvgIpc) is 2.61. The molecule has 1 aromatic rings. The molecule has 0 saturated carbocycles. The number of nitrogens with one attached hydrogen (secondary N) is 1. The SMILES string of the molecule is Cl.Clc1ccc(Cl)c([C@H]2CCCN2)c1. The number of halogens is 3. The highest BCUT2D eigenvalue weighted by Gasteiger charge is 2.18. The summed E-state index contributed by atoms with van der Waals surface area (Å²) in [6, 6.07) is 6.03. The van der Waals surface area contributed by atoms with Crippen molar-refractivity contribution in [3.05, 3.63) is 33.8 Å². The Hall–Kier alpha value is 0.0500. The lowest BCUT2D eigenvalue weighted by Crippen LogP contribution is -2.13. The van der Waals surface area contributed by atoms with Crippen molar-refractivity contribution >= 4 is 35.6 Å². The van der Waals surface area contributed by atoms with Crippen LogP contribution < -0.4 is 5.32 Å². The molecule has 1 fully saturated rings. The summed E-state index contributed by atoms with van der Waals surface area (Å²) in [5.74, 6) is 0. The Morgan fingerprint density at radius 1 is 1.29 bits per heavy atom. The maximum Gasteiger partial charge on any atom is 0.0454 e. The molecule has 1 heterocycles. The maximum absolute atomic E-state index is 6.08. The number of hydrogen-bond acceptors (Lipinski definition) is 1. The van der Waals surface area contributed by atoms with Gasteiger partial charge in [-0.25, -0.2) is 0 Å². The Morgan fingerprint density at radius 3 is 2.71 bits per heavy atom. The Kier molecular flexibility index (Phi) is 4.52. The van der Waals surface area contributed by atoms with Crippen LogP contribution in [0.5, 0.6) is 0 Å². The van der Waals surface area contributed by atoms with Crippen LogP contribution >= 0.6 is 35.6 Å². The van der Waals surface area contributed by atoms with Crippen LogP contribution in [0, 0.1) is 0 Å². The molecular weight excluding hydrogens is 240 g/mol. The predicted octanol–water partition coefficient (Wildman–Crippen LogP) is 3.84. The minimum Gasteiger partial charge on any atom is -0.310 e. The van der Waals surface area contributed by atoms with E-state index in [1.807, 2.05) is 18.2 Å². The fraction of sp³-hybridized carbons (Fsp3) is 0.400. The van der Waals surface area contributed by atoms with Crippen LogP contribution in [0.15, 0.2) is 18.2 Å². The number of hydrogen-bond donors (Lipinski definition) is 1. The van der Waals surface area contributed by atoms with Crippen LogP contribution in [0.2, 0.25) is 10.0 Å². The van der Waals surface area contributed by atoms with Gasteiger partial charge in [0.2, 0.25) is 0 Å². The highest BCUT2D eigenvalue weighted by molar-refractivity contribution is 6.33. The van der Waals surface area contributed by atoms with Crippen LogP contribution in [-0.4, -0.2) is 6.54 Å². The third-order valence-electron chi connectivity index (χ3n) is 2.39. The Balaban J connectivity index is 0.000000980. The zero-order valence-corrected chi connectivity index (χ0v) is 9.92. The first kappa shape index (κ1) is 12.1. The van der Waals surface area contributed by atoms with Crippen molar-refractivity contribution in [2.75, 3.05) is 6.54 Å². The Labute approximate surface area is 100 Å². The lowest BCUT2D eigenvalue weighted by molar-refractivity contribution is 0.648. The second kappa shape index (κ2) is 5.22. The van der Waals surface area contributed by atoms with E-state index in [9.17, 15) is 0 Å². The highest BCUT2D eigenvalue weighted by Crippen LogP contribution is 2.30. The molecule has 0 aromatic heterocycles. The van der Waals surface area contributed by atoms with Gasteiger partial charge in [-0.05, 0) is 43.1 Å². The van der Waals surface area contributed by atoms with Crippen molar-refractivity contribution in [2.45, 2.75) is 18.9 Å². The molecule has 1 aliphatic heterocycles. The number of rotatable bonds is 1. The van der Waals surface area contributed by atoms with E-state index < -0.39 is 0 Å². The average molecular weight is 253 g/mol. The van der Waals surface area contributed by atoms with Crippen LogP contribution in [0.4, 0.5) is 0 Å². The van der Waals surface area contributed by atoms with Crippen molar-refractivity contribution in [3.63, 3.8) is 0 Å². The van der Waals surface area contributed by atoms with Gasteiger partial charge in [-0.1, -0.05) is 23.2 Å². The van der Waals surface area contributed by atoms with Crippen molar-refractivity contribution < 1.29 is 0 Å². The van der Waals surface area contributed by atoms with E-state index in [-0.39, 0.29) is 12.4 Å². The minimum atomic E-state index is 0. The summed E-state index contributed by atoms with van der Waals surface area (Å²) in [6.07, 6.45) is 2.37.